The molecule has 1 aliphatic rings. The van der Waals surface area contributed by atoms with Crippen LogP contribution in [0.4, 0.5) is 23.5 Å². The number of aromatic amines is 1. The molecule has 2 aromatic heterocycles. The van der Waals surface area contributed by atoms with Crippen LogP contribution in [0.1, 0.15) is 30.0 Å². The fraction of sp³-hybridized carbons (Fsp3) is 0.273. The van der Waals surface area contributed by atoms with Crippen LogP contribution in [0.2, 0.25) is 0 Å². The van der Waals surface area contributed by atoms with E-state index in [1.54, 1.807) is 11.1 Å². The van der Waals surface area contributed by atoms with E-state index in [4.69, 9.17) is 0 Å². The summed E-state index contributed by atoms with van der Waals surface area (Å²) in [6.45, 7) is 8.68. The molecule has 0 saturated carbocycles. The van der Waals surface area contributed by atoms with Crippen LogP contribution in [-0.2, 0) is 6.18 Å². The molecule has 0 radical (unpaired) electrons. The molecule has 1 aromatic carbocycles. The number of allylic oxidation sites excluding steroid dienone is 1. The lowest BCUT2D eigenvalue weighted by Crippen LogP contribution is -2.34. The fourth-order valence-electron chi connectivity index (χ4n) is 3.89. The number of piperidine rings is 1. The average Bonchev–Trinajstić information content (AvgIpc) is 3.17. The number of aryl methyl sites for hydroxylation is 1. The van der Waals surface area contributed by atoms with Gasteiger partial charge in [-0.05, 0) is 54.7 Å². The summed E-state index contributed by atoms with van der Waals surface area (Å²) in [5.41, 5.74) is 3.76. The molecule has 3 heterocycles. The number of hydrogen-bond acceptors (Lipinski definition) is 3. The monoisotopic (exact) mass is 416 g/mol. The van der Waals surface area contributed by atoms with Gasteiger partial charge in [0, 0.05) is 48.1 Å². The molecule has 4 nitrogen and oxygen atoms in total. The smallest absolute Gasteiger partial charge is 0.361 e. The first kappa shape index (κ1) is 20.1. The number of H-pyrrole nitrogens is 1. The van der Waals surface area contributed by atoms with Crippen molar-refractivity contribution >= 4 is 22.4 Å². The van der Waals surface area contributed by atoms with Crippen LogP contribution in [0, 0.1) is 12.7 Å². The predicted octanol–water partition coefficient (Wildman–Crippen LogP) is 5.66. The van der Waals surface area contributed by atoms with E-state index < -0.39 is 11.7 Å². The van der Waals surface area contributed by atoms with Gasteiger partial charge >= 0.3 is 6.18 Å². The number of aromatic nitrogens is 3. The van der Waals surface area contributed by atoms with E-state index >= 15 is 0 Å². The second-order valence-electron chi connectivity index (χ2n) is 7.46. The molecule has 8 heteroatoms. The second kappa shape index (κ2) is 7.27. The summed E-state index contributed by atoms with van der Waals surface area (Å²) in [6.07, 6.45) is -0.561. The molecule has 4 rings (SSSR count). The minimum atomic E-state index is -4.48. The molecular weight excluding hydrogens is 396 g/mol. The second-order valence-corrected chi connectivity index (χ2v) is 7.46. The summed E-state index contributed by atoms with van der Waals surface area (Å²) >= 11 is 0. The predicted molar refractivity (Wildman–Crippen MR) is 109 cm³/mol. The summed E-state index contributed by atoms with van der Waals surface area (Å²) in [5, 5.41) is 0.785. The van der Waals surface area contributed by atoms with Gasteiger partial charge in [-0.3, -0.25) is 0 Å². The van der Waals surface area contributed by atoms with Gasteiger partial charge < -0.3 is 9.88 Å². The van der Waals surface area contributed by atoms with Crippen LogP contribution in [0.3, 0.4) is 0 Å². The zero-order chi connectivity index (χ0) is 21.6. The first-order valence-electron chi connectivity index (χ1n) is 9.45. The Balaban J connectivity index is 1.73. The van der Waals surface area contributed by atoms with Gasteiger partial charge in [0.1, 0.15) is 5.82 Å². The number of alkyl halides is 3. The van der Waals surface area contributed by atoms with Gasteiger partial charge in [0.15, 0.2) is 0 Å². The molecule has 3 aromatic rings. The third-order valence-corrected chi connectivity index (χ3v) is 5.53. The number of halogens is 4. The maximum Gasteiger partial charge on any atom is 0.419 e. The molecule has 1 fully saturated rings. The summed E-state index contributed by atoms with van der Waals surface area (Å²) in [7, 11) is 0. The van der Waals surface area contributed by atoms with Crippen molar-refractivity contribution in [2.24, 2.45) is 0 Å². The molecule has 1 aliphatic heterocycles. The van der Waals surface area contributed by atoms with E-state index in [2.05, 4.69) is 21.5 Å². The Hall–Kier alpha value is -3.16. The minimum Gasteiger partial charge on any atom is -0.361 e. The molecule has 0 atom stereocenters. The van der Waals surface area contributed by atoms with Gasteiger partial charge in [-0.2, -0.15) is 13.2 Å². The average molecular weight is 416 g/mol. The molecular formula is C22H20F4N4. The largest absolute Gasteiger partial charge is 0.419 e. The first-order chi connectivity index (χ1) is 14.2. The Labute approximate surface area is 171 Å². The van der Waals surface area contributed by atoms with Crippen LogP contribution in [0.25, 0.3) is 16.5 Å². The van der Waals surface area contributed by atoms with Gasteiger partial charge in [0.25, 0.3) is 0 Å². The normalized spacial score (nSPS) is 17.0. The van der Waals surface area contributed by atoms with Crippen LogP contribution < -0.4 is 4.90 Å². The standard InChI is InChI=1S/C22H20F4N4/c1-12-5-7-30(21-28-9-15(10-29-21)22(24,25)26)11-17(12)14(3)19-16-4-6-27-20(16)13(2)8-18(19)23/h4,6,8-10,27H,1,5,7,11H2,2-3H3/b17-14+. The van der Waals surface area contributed by atoms with Crippen molar-refractivity contribution in [1.82, 2.24) is 15.0 Å². The minimum absolute atomic E-state index is 0.206. The highest BCUT2D eigenvalue weighted by molar-refractivity contribution is 5.95. The number of benzene rings is 1. The highest BCUT2D eigenvalue weighted by atomic mass is 19.4. The molecule has 1 saturated heterocycles. The maximum atomic E-state index is 14.9. The van der Waals surface area contributed by atoms with Crippen LogP contribution in [-0.4, -0.2) is 28.0 Å². The number of hydrogen-bond donors (Lipinski definition) is 1. The number of anilines is 1. The van der Waals surface area contributed by atoms with Crippen molar-refractivity contribution in [1.29, 1.82) is 0 Å². The molecule has 0 aliphatic carbocycles. The van der Waals surface area contributed by atoms with E-state index in [9.17, 15) is 17.6 Å². The van der Waals surface area contributed by atoms with Crippen LogP contribution >= 0.6 is 0 Å². The first-order valence-corrected chi connectivity index (χ1v) is 9.45. The summed E-state index contributed by atoms with van der Waals surface area (Å²) in [4.78, 5) is 12.7. The lowest BCUT2D eigenvalue weighted by molar-refractivity contribution is -0.138. The maximum absolute atomic E-state index is 14.9. The summed E-state index contributed by atoms with van der Waals surface area (Å²) < 4.78 is 53.3. The highest BCUT2D eigenvalue weighted by Crippen LogP contribution is 2.36. The Bertz CT molecular complexity index is 1160. The van der Waals surface area contributed by atoms with E-state index in [0.717, 1.165) is 45.6 Å². The number of nitrogens with zero attached hydrogens (tertiary/aromatic N) is 3. The number of nitrogens with one attached hydrogen (secondary N) is 1. The molecule has 156 valence electrons. The summed E-state index contributed by atoms with van der Waals surface area (Å²) in [5.74, 6) is -0.114. The Morgan fingerprint density at radius 3 is 2.60 bits per heavy atom. The van der Waals surface area contributed by atoms with Crippen molar-refractivity contribution in [3.05, 3.63) is 71.0 Å². The Morgan fingerprint density at radius 2 is 1.93 bits per heavy atom. The van der Waals surface area contributed by atoms with Gasteiger partial charge in [-0.15, -0.1) is 0 Å². The molecule has 0 unspecified atom stereocenters. The zero-order valence-electron chi connectivity index (χ0n) is 16.6. The van der Waals surface area contributed by atoms with E-state index in [1.807, 2.05) is 19.9 Å². The van der Waals surface area contributed by atoms with Crippen LogP contribution in [0.5, 0.6) is 0 Å². The lowest BCUT2D eigenvalue weighted by atomic mass is 9.89. The quantitative estimate of drug-likeness (QED) is 0.548. The van der Waals surface area contributed by atoms with E-state index in [0.29, 0.717) is 25.1 Å². The van der Waals surface area contributed by atoms with Crippen molar-refractivity contribution in [2.45, 2.75) is 26.4 Å². The fourth-order valence-corrected chi connectivity index (χ4v) is 3.89. The van der Waals surface area contributed by atoms with Gasteiger partial charge in [-0.25, -0.2) is 14.4 Å². The molecule has 0 spiro atoms. The number of rotatable bonds is 2. The summed E-state index contributed by atoms with van der Waals surface area (Å²) in [6, 6.07) is 3.34. The Morgan fingerprint density at radius 1 is 1.23 bits per heavy atom. The van der Waals surface area contributed by atoms with Crippen molar-refractivity contribution < 1.29 is 17.6 Å². The van der Waals surface area contributed by atoms with E-state index in [1.165, 1.54) is 6.07 Å². The van der Waals surface area contributed by atoms with Crippen LogP contribution in [0.15, 0.2) is 48.4 Å². The number of fused-ring (bicyclic) bond motifs is 1. The zero-order valence-corrected chi connectivity index (χ0v) is 16.6. The van der Waals surface area contributed by atoms with Crippen molar-refractivity contribution in [2.75, 3.05) is 18.0 Å². The van der Waals surface area contributed by atoms with E-state index in [-0.39, 0.29) is 11.8 Å². The van der Waals surface area contributed by atoms with Gasteiger partial charge in [0.05, 0.1) is 5.56 Å². The van der Waals surface area contributed by atoms with Crippen molar-refractivity contribution in [3.63, 3.8) is 0 Å². The molecule has 1 N–H and O–H groups in total. The third kappa shape index (κ3) is 3.46. The van der Waals surface area contributed by atoms with Gasteiger partial charge in [0.2, 0.25) is 5.95 Å². The third-order valence-electron chi connectivity index (χ3n) is 5.53. The molecule has 30 heavy (non-hydrogen) atoms. The topological polar surface area (TPSA) is 44.8 Å². The van der Waals surface area contributed by atoms with Crippen molar-refractivity contribution in [3.8, 4) is 0 Å². The SMILES string of the molecule is C=C1CCN(c2ncc(C(F)(F)F)cn2)C/C1=C(/C)c1c(F)cc(C)c2[nH]ccc12. The van der Waals surface area contributed by atoms with Gasteiger partial charge in [-0.1, -0.05) is 6.58 Å². The molecule has 0 bridgehead atoms. The Kier molecular flexibility index (Phi) is 4.88. The molecule has 0 amide bonds. The lowest BCUT2D eigenvalue weighted by Gasteiger charge is -2.31. The highest BCUT2D eigenvalue weighted by Gasteiger charge is 2.32.